The van der Waals surface area contributed by atoms with Gasteiger partial charge in [-0.1, -0.05) is 12.1 Å². The van der Waals surface area contributed by atoms with Gasteiger partial charge in [-0.15, -0.1) is 0 Å². The van der Waals surface area contributed by atoms with Crippen molar-refractivity contribution < 1.29 is 23.1 Å². The number of carboxylic acid groups (broad SMARTS) is 1. The molecule has 0 aromatic heterocycles. The van der Waals surface area contributed by atoms with E-state index in [4.69, 9.17) is 0 Å². The number of carbonyl (C=O) groups excluding carboxylic acids is 2. The average Bonchev–Trinajstić information content (AvgIpc) is 2.79. The lowest BCUT2D eigenvalue weighted by Crippen LogP contribution is -2.42. The Balaban J connectivity index is 1.95. The molecule has 2 saturated heterocycles. The Hall–Kier alpha value is -1.93. The normalized spacial score (nSPS) is 25.5. The number of hydrogen-bond donors (Lipinski definition) is 1. The van der Waals surface area contributed by atoms with E-state index in [1.54, 1.807) is 0 Å². The Labute approximate surface area is 128 Å². The molecule has 118 valence electrons. The lowest BCUT2D eigenvalue weighted by molar-refractivity contribution is -0.255. The molecule has 1 aromatic rings. The van der Waals surface area contributed by atoms with E-state index in [0.717, 1.165) is 0 Å². The Kier molecular flexibility index (Phi) is 3.65. The minimum absolute atomic E-state index is 0.0312. The molecule has 1 aromatic carbocycles. The van der Waals surface area contributed by atoms with E-state index < -0.39 is 16.0 Å². The number of carboxylic acids is 1. The third-order valence-corrected chi connectivity index (χ3v) is 6.19. The molecule has 0 spiro atoms. The van der Waals surface area contributed by atoms with Gasteiger partial charge in [0.15, 0.2) is 0 Å². The third-order valence-electron chi connectivity index (χ3n) is 4.17. The summed E-state index contributed by atoms with van der Waals surface area (Å²) in [6.07, 6.45) is 1.53. The summed E-state index contributed by atoms with van der Waals surface area (Å²) in [6.45, 7) is 0.311. The van der Waals surface area contributed by atoms with E-state index in [1.165, 1.54) is 28.6 Å². The van der Waals surface area contributed by atoms with Gasteiger partial charge in [-0.2, -0.15) is 4.31 Å². The number of rotatable bonds is 3. The van der Waals surface area contributed by atoms with Crippen molar-refractivity contribution in [1.82, 2.24) is 9.62 Å². The standard InChI is InChI=1S/C14H16N2O5S/c17-13-7-10-3-4-11(8-15-13)16(10)22(20,21)12-5-1-9(2-6-12)14(18)19/h1-2,5-6,10-11H,3-4,7-8H2,(H,15,17)(H,18,19)/p-1/t10-,11+/m0/s1. The first kappa shape index (κ1) is 15.0. The number of amides is 1. The Bertz CT molecular complexity index is 713. The van der Waals surface area contributed by atoms with Crippen molar-refractivity contribution in [3.8, 4) is 0 Å². The maximum absolute atomic E-state index is 12.8. The minimum atomic E-state index is -3.76. The van der Waals surface area contributed by atoms with Crippen molar-refractivity contribution in [3.05, 3.63) is 29.8 Å². The van der Waals surface area contributed by atoms with Crippen molar-refractivity contribution in [2.45, 2.75) is 36.2 Å². The fraction of sp³-hybridized carbons (Fsp3) is 0.429. The molecule has 22 heavy (non-hydrogen) atoms. The molecule has 0 unspecified atom stereocenters. The molecule has 0 saturated carbocycles. The summed E-state index contributed by atoms with van der Waals surface area (Å²) < 4.78 is 27.0. The molecule has 7 nitrogen and oxygen atoms in total. The Morgan fingerprint density at radius 1 is 1.18 bits per heavy atom. The molecule has 2 heterocycles. The largest absolute Gasteiger partial charge is 0.545 e. The molecular formula is C14H15N2O5S-. The van der Waals surface area contributed by atoms with Crippen LogP contribution in [-0.4, -0.2) is 43.2 Å². The molecule has 0 aliphatic carbocycles. The molecule has 1 N–H and O–H groups in total. The third kappa shape index (κ3) is 2.48. The monoisotopic (exact) mass is 323 g/mol. The second-order valence-corrected chi connectivity index (χ2v) is 7.38. The average molecular weight is 323 g/mol. The summed E-state index contributed by atoms with van der Waals surface area (Å²) in [5.74, 6) is -1.49. The highest BCUT2D eigenvalue weighted by atomic mass is 32.2. The van der Waals surface area contributed by atoms with Crippen molar-refractivity contribution in [3.63, 3.8) is 0 Å². The Morgan fingerprint density at radius 3 is 2.45 bits per heavy atom. The van der Waals surface area contributed by atoms with E-state index in [0.29, 0.717) is 19.4 Å². The van der Waals surface area contributed by atoms with Gasteiger partial charge in [0.25, 0.3) is 0 Å². The number of nitrogens with one attached hydrogen (secondary N) is 1. The topological polar surface area (TPSA) is 107 Å². The molecule has 2 fully saturated rings. The first-order valence-electron chi connectivity index (χ1n) is 7.01. The van der Waals surface area contributed by atoms with Crippen LogP contribution >= 0.6 is 0 Å². The molecular weight excluding hydrogens is 308 g/mol. The van der Waals surface area contributed by atoms with Crippen LogP contribution in [0.3, 0.4) is 0 Å². The summed E-state index contributed by atoms with van der Waals surface area (Å²) in [4.78, 5) is 22.4. The number of carbonyl (C=O) groups is 2. The lowest BCUT2D eigenvalue weighted by Gasteiger charge is -2.26. The van der Waals surface area contributed by atoms with Gasteiger partial charge in [0.05, 0.1) is 10.9 Å². The van der Waals surface area contributed by atoms with Gasteiger partial charge in [-0.3, -0.25) is 4.79 Å². The van der Waals surface area contributed by atoms with Crippen LogP contribution in [-0.2, 0) is 14.8 Å². The maximum Gasteiger partial charge on any atom is 0.243 e. The number of nitrogens with zero attached hydrogens (tertiary/aromatic N) is 1. The van der Waals surface area contributed by atoms with E-state index >= 15 is 0 Å². The zero-order valence-corrected chi connectivity index (χ0v) is 12.5. The van der Waals surface area contributed by atoms with Crippen molar-refractivity contribution in [2.24, 2.45) is 0 Å². The van der Waals surface area contributed by atoms with Crippen LogP contribution in [0.15, 0.2) is 29.2 Å². The second-order valence-electron chi connectivity index (χ2n) is 5.54. The molecule has 8 heteroatoms. The summed E-state index contributed by atoms with van der Waals surface area (Å²) in [5.41, 5.74) is -0.0744. The molecule has 2 aliphatic heterocycles. The molecule has 2 aliphatic rings. The Morgan fingerprint density at radius 2 is 1.82 bits per heavy atom. The van der Waals surface area contributed by atoms with Gasteiger partial charge in [-0.05, 0) is 30.5 Å². The van der Waals surface area contributed by atoms with Gasteiger partial charge in [0, 0.05) is 25.0 Å². The highest BCUT2D eigenvalue weighted by Crippen LogP contribution is 2.33. The lowest BCUT2D eigenvalue weighted by atomic mass is 10.1. The zero-order valence-electron chi connectivity index (χ0n) is 11.7. The van der Waals surface area contributed by atoms with Crippen LogP contribution in [0.2, 0.25) is 0 Å². The van der Waals surface area contributed by atoms with Gasteiger partial charge < -0.3 is 15.2 Å². The fourth-order valence-corrected chi connectivity index (χ4v) is 4.98. The first-order chi connectivity index (χ1) is 10.4. The number of aromatic carboxylic acids is 1. The van der Waals surface area contributed by atoms with E-state index in [9.17, 15) is 23.1 Å². The molecule has 2 atom stereocenters. The molecule has 1 amide bonds. The SMILES string of the molecule is O=C1C[C@@H]2CC[C@H](CN1)N2S(=O)(=O)c1ccc(C(=O)[O-])cc1. The highest BCUT2D eigenvalue weighted by Gasteiger charge is 2.44. The van der Waals surface area contributed by atoms with Crippen LogP contribution in [0.25, 0.3) is 0 Å². The summed E-state index contributed by atoms with van der Waals surface area (Å²) in [5, 5.41) is 13.5. The summed E-state index contributed by atoms with van der Waals surface area (Å²) in [7, 11) is -3.76. The van der Waals surface area contributed by atoms with Gasteiger partial charge >= 0.3 is 0 Å². The van der Waals surface area contributed by atoms with E-state index in [2.05, 4.69) is 5.32 Å². The van der Waals surface area contributed by atoms with Crippen LogP contribution in [0.1, 0.15) is 29.6 Å². The van der Waals surface area contributed by atoms with Crippen LogP contribution in [0.5, 0.6) is 0 Å². The summed E-state index contributed by atoms with van der Waals surface area (Å²) in [6, 6.07) is 4.37. The van der Waals surface area contributed by atoms with E-state index in [-0.39, 0.29) is 34.9 Å². The molecule has 2 bridgehead atoms. The fourth-order valence-electron chi connectivity index (χ4n) is 3.12. The predicted molar refractivity (Wildman–Crippen MR) is 74.2 cm³/mol. The number of benzene rings is 1. The maximum atomic E-state index is 12.8. The number of fused-ring (bicyclic) bond motifs is 2. The van der Waals surface area contributed by atoms with E-state index in [1.807, 2.05) is 0 Å². The smallest absolute Gasteiger partial charge is 0.243 e. The summed E-state index contributed by atoms with van der Waals surface area (Å²) >= 11 is 0. The predicted octanol–water partition coefficient (Wildman–Crippen LogP) is -0.908. The van der Waals surface area contributed by atoms with Crippen LogP contribution in [0.4, 0.5) is 0 Å². The van der Waals surface area contributed by atoms with Crippen molar-refractivity contribution >= 4 is 21.9 Å². The minimum Gasteiger partial charge on any atom is -0.545 e. The number of sulfonamides is 1. The van der Waals surface area contributed by atoms with Gasteiger partial charge in [0.2, 0.25) is 15.9 Å². The van der Waals surface area contributed by atoms with Gasteiger partial charge in [-0.25, -0.2) is 8.42 Å². The highest BCUT2D eigenvalue weighted by molar-refractivity contribution is 7.89. The molecule has 3 rings (SSSR count). The van der Waals surface area contributed by atoms with Crippen molar-refractivity contribution in [2.75, 3.05) is 6.54 Å². The quantitative estimate of drug-likeness (QED) is 0.775. The zero-order chi connectivity index (χ0) is 15.9. The van der Waals surface area contributed by atoms with Crippen molar-refractivity contribution in [1.29, 1.82) is 0 Å². The number of hydrogen-bond acceptors (Lipinski definition) is 5. The molecule has 0 radical (unpaired) electrons. The van der Waals surface area contributed by atoms with Gasteiger partial charge in [0.1, 0.15) is 0 Å². The van der Waals surface area contributed by atoms with Crippen LogP contribution < -0.4 is 10.4 Å². The first-order valence-corrected chi connectivity index (χ1v) is 8.45. The van der Waals surface area contributed by atoms with Crippen LogP contribution in [0, 0.1) is 0 Å². The second kappa shape index (κ2) is 5.36.